The molecular formula is C55H94F5NO10. The lowest BCUT2D eigenvalue weighted by molar-refractivity contribution is -0.157. The van der Waals surface area contributed by atoms with Crippen molar-refractivity contribution in [3.63, 3.8) is 0 Å². The lowest BCUT2D eigenvalue weighted by Crippen LogP contribution is -2.30. The lowest BCUT2D eigenvalue weighted by Gasteiger charge is -2.22. The number of carbonyl (C=O) groups excluding carboxylic acids is 3. The van der Waals surface area contributed by atoms with Crippen LogP contribution < -0.4 is 4.74 Å². The van der Waals surface area contributed by atoms with Crippen molar-refractivity contribution < 1.29 is 69.5 Å². The summed E-state index contributed by atoms with van der Waals surface area (Å²) in [5.74, 6) is -14.4. The molecule has 0 atom stereocenters. The van der Waals surface area contributed by atoms with Gasteiger partial charge in [0.2, 0.25) is 34.8 Å². The summed E-state index contributed by atoms with van der Waals surface area (Å²) in [6.07, 6.45) is 24.7. The van der Waals surface area contributed by atoms with Crippen molar-refractivity contribution in [3.05, 3.63) is 29.1 Å². The number of hydrogen-bond acceptors (Lipinski definition) is 11. The quantitative estimate of drug-likeness (QED) is 0.0155. The molecule has 71 heavy (non-hydrogen) atoms. The van der Waals surface area contributed by atoms with Gasteiger partial charge in [0.25, 0.3) is 0 Å². The minimum absolute atomic E-state index is 0.143. The van der Waals surface area contributed by atoms with E-state index in [2.05, 4.69) is 32.4 Å². The second-order valence-corrected chi connectivity index (χ2v) is 18.8. The number of rotatable bonds is 50. The van der Waals surface area contributed by atoms with Crippen LogP contribution in [0.3, 0.4) is 0 Å². The van der Waals surface area contributed by atoms with Crippen molar-refractivity contribution >= 4 is 17.9 Å². The van der Waals surface area contributed by atoms with E-state index in [9.17, 15) is 36.3 Å². The first-order chi connectivity index (χ1) is 34.5. The fourth-order valence-electron chi connectivity index (χ4n) is 7.80. The Balaban J connectivity index is 2.64. The zero-order chi connectivity index (χ0) is 52.2. The molecule has 414 valence electrons. The predicted octanol–water partition coefficient (Wildman–Crippen LogP) is 13.9. The third-order valence-electron chi connectivity index (χ3n) is 12.1. The molecule has 0 heterocycles. The van der Waals surface area contributed by atoms with E-state index < -0.39 is 53.0 Å². The molecule has 0 aliphatic heterocycles. The van der Waals surface area contributed by atoms with Gasteiger partial charge >= 0.3 is 17.9 Å². The van der Waals surface area contributed by atoms with E-state index in [1.165, 1.54) is 0 Å². The Kier molecular flexibility index (Phi) is 42.5. The van der Waals surface area contributed by atoms with Crippen molar-refractivity contribution in [1.82, 2.24) is 4.90 Å². The van der Waals surface area contributed by atoms with E-state index in [1.807, 2.05) is 4.90 Å². The molecule has 11 nitrogen and oxygen atoms in total. The largest absolute Gasteiger partial charge is 0.457 e. The topological polar surface area (TPSA) is 119 Å². The van der Waals surface area contributed by atoms with Crippen molar-refractivity contribution in [3.8, 4) is 5.75 Å². The van der Waals surface area contributed by atoms with E-state index in [0.717, 1.165) is 154 Å². The van der Waals surface area contributed by atoms with Crippen LogP contribution in [0.1, 0.15) is 214 Å². The van der Waals surface area contributed by atoms with E-state index in [4.69, 9.17) is 28.4 Å². The molecular weight excluding hydrogens is 930 g/mol. The molecule has 0 aromatic heterocycles. The van der Waals surface area contributed by atoms with E-state index in [0.29, 0.717) is 78.8 Å². The van der Waals surface area contributed by atoms with Gasteiger partial charge in [0, 0.05) is 45.8 Å². The standard InChI is InChI=1S/C55H94F5NO10/c1-5-9-13-27-37-65-41-45(42-66-38-28-14-10-6-2)69-47(62)31-23-19-17-21-25-34-61(36-33-49(64)71-55-53(59)51(57)50(56)52(58)54(55)60)35-26-22-18-20-24-32-48(63)70-46(43-67-39-29-15-11-7-3)44-68-40-30-16-12-8-4/h45-46H,5-44H2,1-4H3. The molecule has 1 rings (SSSR count). The number of unbranched alkanes of at least 4 members (excludes halogenated alkanes) is 20. The molecule has 0 unspecified atom stereocenters. The van der Waals surface area contributed by atoms with Crippen LogP contribution in [0.25, 0.3) is 0 Å². The van der Waals surface area contributed by atoms with E-state index in [1.54, 1.807) is 0 Å². The van der Waals surface area contributed by atoms with Crippen LogP contribution in [-0.4, -0.2) is 108 Å². The number of ether oxygens (including phenoxy) is 7. The zero-order valence-electron chi connectivity index (χ0n) is 44.4. The first kappa shape index (κ1) is 66.1. The van der Waals surface area contributed by atoms with Crippen LogP contribution >= 0.6 is 0 Å². The zero-order valence-corrected chi connectivity index (χ0v) is 44.4. The fourth-order valence-corrected chi connectivity index (χ4v) is 7.80. The number of carbonyl (C=O) groups is 3. The molecule has 0 fully saturated rings. The third kappa shape index (κ3) is 35.0. The smallest absolute Gasteiger partial charge is 0.312 e. The Morgan fingerprint density at radius 3 is 1.03 bits per heavy atom. The van der Waals surface area contributed by atoms with Gasteiger partial charge in [-0.1, -0.05) is 143 Å². The molecule has 0 aliphatic rings. The van der Waals surface area contributed by atoms with Crippen molar-refractivity contribution in [1.29, 1.82) is 0 Å². The normalized spacial score (nSPS) is 11.7. The first-order valence-electron chi connectivity index (χ1n) is 27.6. The molecule has 0 radical (unpaired) electrons. The van der Waals surface area contributed by atoms with Crippen LogP contribution in [0.15, 0.2) is 0 Å². The number of hydrogen-bond donors (Lipinski definition) is 0. The SMILES string of the molecule is CCCCCCOCC(COCCCCCC)OC(=O)CCCCCCCN(CCCCCCCC(=O)OC(COCCCCCC)COCCCCCC)CCC(=O)Oc1c(F)c(F)c(F)c(F)c1F. The highest BCUT2D eigenvalue weighted by Gasteiger charge is 2.29. The van der Waals surface area contributed by atoms with Crippen LogP contribution in [0, 0.1) is 29.1 Å². The maximum Gasteiger partial charge on any atom is 0.312 e. The molecule has 0 spiro atoms. The van der Waals surface area contributed by atoms with Crippen LogP contribution in [0.2, 0.25) is 0 Å². The Hall–Kier alpha value is -2.92. The maximum absolute atomic E-state index is 14.2. The van der Waals surface area contributed by atoms with Crippen LogP contribution in [-0.2, 0) is 42.8 Å². The summed E-state index contributed by atoms with van der Waals surface area (Å²) >= 11 is 0. The average molecular weight is 1020 g/mol. The Morgan fingerprint density at radius 1 is 0.366 bits per heavy atom. The molecule has 0 saturated heterocycles. The van der Waals surface area contributed by atoms with Gasteiger partial charge in [0.15, 0.2) is 0 Å². The van der Waals surface area contributed by atoms with Gasteiger partial charge in [0.1, 0.15) is 12.2 Å². The van der Waals surface area contributed by atoms with Crippen molar-refractivity contribution in [2.75, 3.05) is 72.5 Å². The van der Waals surface area contributed by atoms with Gasteiger partial charge in [-0.3, -0.25) is 14.4 Å². The summed E-state index contributed by atoms with van der Waals surface area (Å²) in [4.78, 5) is 40.2. The number of nitrogens with zero attached hydrogens (tertiary/aromatic N) is 1. The maximum atomic E-state index is 14.2. The fraction of sp³-hybridized carbons (Fsp3) is 0.836. The first-order valence-corrected chi connectivity index (χ1v) is 27.6. The van der Waals surface area contributed by atoms with Crippen LogP contribution in [0.4, 0.5) is 22.0 Å². The molecule has 0 N–H and O–H groups in total. The third-order valence-corrected chi connectivity index (χ3v) is 12.1. The minimum Gasteiger partial charge on any atom is -0.457 e. The van der Waals surface area contributed by atoms with Crippen molar-refractivity contribution in [2.45, 2.75) is 226 Å². The van der Waals surface area contributed by atoms with Gasteiger partial charge in [-0.25, -0.2) is 13.2 Å². The summed E-state index contributed by atoms with van der Waals surface area (Å²) in [7, 11) is 0. The van der Waals surface area contributed by atoms with Gasteiger partial charge in [-0.2, -0.15) is 8.78 Å². The molecule has 0 bridgehead atoms. The van der Waals surface area contributed by atoms with Gasteiger partial charge in [-0.15, -0.1) is 0 Å². The average Bonchev–Trinajstić information content (AvgIpc) is 3.36. The van der Waals surface area contributed by atoms with E-state index >= 15 is 0 Å². The lowest BCUT2D eigenvalue weighted by atomic mass is 10.1. The van der Waals surface area contributed by atoms with Gasteiger partial charge < -0.3 is 38.1 Å². The Labute approximate surface area is 424 Å². The molecule has 1 aromatic carbocycles. The Morgan fingerprint density at radius 2 is 0.676 bits per heavy atom. The van der Waals surface area contributed by atoms with E-state index in [-0.39, 0.29) is 37.7 Å². The highest BCUT2D eigenvalue weighted by atomic mass is 19.2. The van der Waals surface area contributed by atoms with Gasteiger partial charge in [0.05, 0.1) is 32.8 Å². The summed E-state index contributed by atoms with van der Waals surface area (Å²) in [6, 6.07) is 0. The summed E-state index contributed by atoms with van der Waals surface area (Å²) in [6.45, 7) is 13.7. The van der Waals surface area contributed by atoms with Gasteiger partial charge in [-0.05, 0) is 64.5 Å². The highest BCUT2D eigenvalue weighted by Crippen LogP contribution is 2.29. The summed E-state index contributed by atoms with van der Waals surface area (Å²) in [5.41, 5.74) is 0. The molecule has 0 aliphatic carbocycles. The monoisotopic (exact) mass is 1020 g/mol. The molecule has 16 heteroatoms. The second-order valence-electron chi connectivity index (χ2n) is 18.8. The van der Waals surface area contributed by atoms with Crippen molar-refractivity contribution in [2.24, 2.45) is 0 Å². The molecule has 0 amide bonds. The summed E-state index contributed by atoms with van der Waals surface area (Å²) < 4.78 is 109. The second kappa shape index (κ2) is 45.7. The summed E-state index contributed by atoms with van der Waals surface area (Å²) in [5, 5.41) is 0. The minimum atomic E-state index is -2.33. The predicted molar refractivity (Wildman–Crippen MR) is 268 cm³/mol. The number of halogens is 5. The molecule has 1 aromatic rings. The highest BCUT2D eigenvalue weighted by molar-refractivity contribution is 5.72. The molecule has 0 saturated carbocycles. The van der Waals surface area contributed by atoms with Crippen LogP contribution in [0.5, 0.6) is 5.75 Å². The number of esters is 3. The number of benzene rings is 1. The Bertz CT molecular complexity index is 1370.